The number of hydrogen-bond acceptors (Lipinski definition) is 3. The summed E-state index contributed by atoms with van der Waals surface area (Å²) in [4.78, 5) is 25.1. The number of halogens is 1. The number of methoxy groups -OCH3 is 1. The van der Waals surface area contributed by atoms with Gasteiger partial charge in [-0.05, 0) is 20.3 Å². The Labute approximate surface area is 101 Å². The Balaban J connectivity index is 2.60. The van der Waals surface area contributed by atoms with Crippen molar-refractivity contribution in [3.63, 3.8) is 0 Å². The predicted molar refractivity (Wildman–Crippen MR) is 61.2 cm³/mol. The second-order valence-corrected chi connectivity index (χ2v) is 5.04. The van der Waals surface area contributed by atoms with E-state index in [4.69, 9.17) is 11.6 Å². The van der Waals surface area contributed by atoms with E-state index >= 15 is 0 Å². The van der Waals surface area contributed by atoms with Gasteiger partial charge in [0.1, 0.15) is 0 Å². The molecule has 0 radical (unpaired) electrons. The van der Waals surface area contributed by atoms with E-state index in [0.717, 1.165) is 0 Å². The lowest BCUT2D eigenvalue weighted by Gasteiger charge is -2.27. The smallest absolute Gasteiger partial charge is 0.310 e. The largest absolute Gasteiger partial charge is 0.469 e. The SMILES string of the molecule is COC(=O)C1CCN(C(=O)C(C)(C)CCl)C1. The predicted octanol–water partition coefficient (Wildman–Crippen LogP) is 1.27. The minimum atomic E-state index is -0.563. The molecule has 0 spiro atoms. The molecule has 1 saturated heterocycles. The molecular formula is C11H18ClNO3. The molecule has 0 aliphatic carbocycles. The van der Waals surface area contributed by atoms with Crippen LogP contribution in [-0.2, 0) is 14.3 Å². The Kier molecular flexibility index (Phi) is 4.19. The van der Waals surface area contributed by atoms with Gasteiger partial charge in [0, 0.05) is 19.0 Å². The molecular weight excluding hydrogens is 230 g/mol. The quantitative estimate of drug-likeness (QED) is 0.558. The molecule has 1 fully saturated rings. The van der Waals surface area contributed by atoms with Crippen LogP contribution in [0.5, 0.6) is 0 Å². The molecule has 1 amide bonds. The van der Waals surface area contributed by atoms with Crippen molar-refractivity contribution in [2.24, 2.45) is 11.3 Å². The highest BCUT2D eigenvalue weighted by Gasteiger charge is 2.37. The number of hydrogen-bond donors (Lipinski definition) is 0. The van der Waals surface area contributed by atoms with Gasteiger partial charge in [0.05, 0.1) is 18.4 Å². The zero-order chi connectivity index (χ0) is 12.3. The topological polar surface area (TPSA) is 46.6 Å². The van der Waals surface area contributed by atoms with Crippen molar-refractivity contribution in [3.8, 4) is 0 Å². The van der Waals surface area contributed by atoms with Crippen molar-refractivity contribution in [1.82, 2.24) is 4.90 Å². The van der Waals surface area contributed by atoms with Crippen molar-refractivity contribution in [2.45, 2.75) is 20.3 Å². The van der Waals surface area contributed by atoms with E-state index in [-0.39, 0.29) is 23.7 Å². The van der Waals surface area contributed by atoms with E-state index in [2.05, 4.69) is 4.74 Å². The molecule has 5 heteroatoms. The van der Waals surface area contributed by atoms with Crippen LogP contribution in [0.1, 0.15) is 20.3 Å². The monoisotopic (exact) mass is 247 g/mol. The summed E-state index contributed by atoms with van der Waals surface area (Å²) in [6, 6.07) is 0. The summed E-state index contributed by atoms with van der Waals surface area (Å²) >= 11 is 5.75. The number of likely N-dealkylation sites (tertiary alicyclic amines) is 1. The highest BCUT2D eigenvalue weighted by molar-refractivity contribution is 6.19. The maximum Gasteiger partial charge on any atom is 0.310 e. The minimum absolute atomic E-state index is 0.00824. The minimum Gasteiger partial charge on any atom is -0.469 e. The van der Waals surface area contributed by atoms with Crippen LogP contribution in [0.25, 0.3) is 0 Å². The number of ether oxygens (including phenoxy) is 1. The van der Waals surface area contributed by atoms with Crippen LogP contribution in [0.3, 0.4) is 0 Å². The second-order valence-electron chi connectivity index (χ2n) is 4.78. The van der Waals surface area contributed by atoms with Crippen LogP contribution in [0.2, 0.25) is 0 Å². The zero-order valence-electron chi connectivity index (χ0n) is 9.96. The number of alkyl halides is 1. The molecule has 1 aliphatic heterocycles. The van der Waals surface area contributed by atoms with Gasteiger partial charge < -0.3 is 9.64 Å². The van der Waals surface area contributed by atoms with E-state index < -0.39 is 5.41 Å². The lowest BCUT2D eigenvalue weighted by Crippen LogP contribution is -2.41. The molecule has 4 nitrogen and oxygen atoms in total. The molecule has 0 bridgehead atoms. The molecule has 1 rings (SSSR count). The van der Waals surface area contributed by atoms with Crippen LogP contribution in [0.4, 0.5) is 0 Å². The van der Waals surface area contributed by atoms with Gasteiger partial charge in [0.2, 0.25) is 5.91 Å². The summed E-state index contributed by atoms with van der Waals surface area (Å²) in [5.41, 5.74) is -0.563. The van der Waals surface area contributed by atoms with Crippen LogP contribution in [0.15, 0.2) is 0 Å². The first-order valence-electron chi connectivity index (χ1n) is 5.35. The first kappa shape index (κ1) is 13.3. The number of amides is 1. The second kappa shape index (κ2) is 5.04. The van der Waals surface area contributed by atoms with Crippen molar-refractivity contribution in [3.05, 3.63) is 0 Å². The normalized spacial score (nSPS) is 21.0. The Morgan fingerprint density at radius 3 is 2.62 bits per heavy atom. The first-order chi connectivity index (χ1) is 7.42. The summed E-state index contributed by atoms with van der Waals surface area (Å²) < 4.78 is 4.67. The number of nitrogens with zero attached hydrogens (tertiary/aromatic N) is 1. The summed E-state index contributed by atoms with van der Waals surface area (Å²) in [5, 5.41) is 0. The highest BCUT2D eigenvalue weighted by Crippen LogP contribution is 2.26. The van der Waals surface area contributed by atoms with Crippen molar-refractivity contribution in [1.29, 1.82) is 0 Å². The van der Waals surface area contributed by atoms with Gasteiger partial charge in [-0.3, -0.25) is 9.59 Å². The van der Waals surface area contributed by atoms with Crippen molar-refractivity contribution in [2.75, 3.05) is 26.1 Å². The molecule has 0 aromatic heterocycles. The van der Waals surface area contributed by atoms with Crippen molar-refractivity contribution < 1.29 is 14.3 Å². The van der Waals surface area contributed by atoms with Gasteiger partial charge in [0.15, 0.2) is 0 Å². The van der Waals surface area contributed by atoms with Gasteiger partial charge in [-0.2, -0.15) is 0 Å². The molecule has 1 heterocycles. The summed E-state index contributed by atoms with van der Waals surface area (Å²) in [5.74, 6) is -0.126. The zero-order valence-corrected chi connectivity index (χ0v) is 10.7. The Morgan fingerprint density at radius 1 is 1.50 bits per heavy atom. The average Bonchev–Trinajstić information content (AvgIpc) is 2.76. The fraction of sp³-hybridized carbons (Fsp3) is 0.818. The lowest BCUT2D eigenvalue weighted by molar-refractivity contribution is -0.145. The number of esters is 1. The van der Waals surface area contributed by atoms with E-state index in [0.29, 0.717) is 19.5 Å². The maximum atomic E-state index is 12.0. The maximum absolute atomic E-state index is 12.0. The number of carbonyl (C=O) groups is 2. The van der Waals surface area contributed by atoms with E-state index in [1.54, 1.807) is 4.90 Å². The van der Waals surface area contributed by atoms with Gasteiger partial charge in [-0.15, -0.1) is 11.6 Å². The Morgan fingerprint density at radius 2 is 2.12 bits per heavy atom. The van der Waals surface area contributed by atoms with E-state index in [1.807, 2.05) is 13.8 Å². The third-order valence-electron chi connectivity index (χ3n) is 2.92. The fourth-order valence-corrected chi connectivity index (χ4v) is 1.90. The summed E-state index contributed by atoms with van der Waals surface area (Å²) in [7, 11) is 1.37. The van der Waals surface area contributed by atoms with E-state index in [9.17, 15) is 9.59 Å². The fourth-order valence-electron chi connectivity index (χ4n) is 1.79. The van der Waals surface area contributed by atoms with E-state index in [1.165, 1.54) is 7.11 Å². The summed E-state index contributed by atoms with van der Waals surface area (Å²) in [6.45, 7) is 4.69. The van der Waals surface area contributed by atoms with Crippen LogP contribution in [0, 0.1) is 11.3 Å². The molecule has 1 aliphatic rings. The standard InChI is InChI=1S/C11H18ClNO3/c1-11(2,7-12)10(15)13-5-4-8(6-13)9(14)16-3/h8H,4-7H2,1-3H3. The molecule has 16 heavy (non-hydrogen) atoms. The van der Waals surface area contributed by atoms with Gasteiger partial charge in [0.25, 0.3) is 0 Å². The van der Waals surface area contributed by atoms with Crippen LogP contribution < -0.4 is 0 Å². The van der Waals surface area contributed by atoms with Crippen molar-refractivity contribution >= 4 is 23.5 Å². The third kappa shape index (κ3) is 2.67. The lowest BCUT2D eigenvalue weighted by atomic mass is 9.94. The van der Waals surface area contributed by atoms with Gasteiger partial charge in [-0.25, -0.2) is 0 Å². The molecule has 0 N–H and O–H groups in total. The van der Waals surface area contributed by atoms with Gasteiger partial charge >= 0.3 is 5.97 Å². The Hall–Kier alpha value is -0.770. The first-order valence-corrected chi connectivity index (χ1v) is 5.89. The number of rotatable bonds is 3. The summed E-state index contributed by atoms with van der Waals surface area (Å²) in [6.07, 6.45) is 0.677. The van der Waals surface area contributed by atoms with Crippen LogP contribution in [-0.4, -0.2) is 42.9 Å². The molecule has 1 atom stereocenters. The molecule has 0 saturated carbocycles. The molecule has 0 aromatic carbocycles. The third-order valence-corrected chi connectivity index (χ3v) is 3.59. The average molecular weight is 248 g/mol. The van der Waals surface area contributed by atoms with Gasteiger partial charge in [-0.1, -0.05) is 0 Å². The molecule has 92 valence electrons. The Bertz CT molecular complexity index is 291. The van der Waals surface area contributed by atoms with Crippen LogP contribution >= 0.6 is 11.6 Å². The number of carbonyl (C=O) groups excluding carboxylic acids is 2. The molecule has 1 unspecified atom stereocenters. The highest BCUT2D eigenvalue weighted by atomic mass is 35.5. The molecule has 0 aromatic rings.